The third kappa shape index (κ3) is 131. The number of hydrogen-bond acceptors (Lipinski definition) is 3. The molecule has 0 radical (unpaired) electrons. The molecule has 0 saturated heterocycles. The highest BCUT2D eigenvalue weighted by molar-refractivity contribution is 14.0. The highest BCUT2D eigenvalue weighted by Gasteiger charge is 1.69. The Morgan fingerprint density at radius 3 is 1.73 bits per heavy atom. The van der Waals surface area contributed by atoms with Crippen molar-refractivity contribution in [2.75, 3.05) is 34.7 Å². The maximum absolute atomic E-state index is 9.47. The molecule has 0 aliphatic rings. The van der Waals surface area contributed by atoms with E-state index in [0.29, 0.717) is 0 Å². The van der Waals surface area contributed by atoms with Gasteiger partial charge in [-0.05, 0) is 47.2 Å². The van der Waals surface area contributed by atoms with Crippen LogP contribution in [0.25, 0.3) is 0 Å². The van der Waals surface area contributed by atoms with Gasteiger partial charge in [0.2, 0.25) is 5.91 Å². The molecule has 0 atom stereocenters. The van der Waals surface area contributed by atoms with Gasteiger partial charge in [0.1, 0.15) is 0 Å². The fourth-order valence-corrected chi connectivity index (χ4v) is 0.250. The van der Waals surface area contributed by atoms with Crippen molar-refractivity contribution in [1.82, 2.24) is 10.2 Å². The molecular formula is C10H26IN3O. The third-order valence-corrected chi connectivity index (χ3v) is 0.701. The van der Waals surface area contributed by atoms with Crippen molar-refractivity contribution in [1.29, 1.82) is 0 Å². The number of halogens is 1. The lowest BCUT2D eigenvalue weighted by Crippen LogP contribution is -2.04. The van der Waals surface area contributed by atoms with Gasteiger partial charge in [-0.1, -0.05) is 13.5 Å². The minimum absolute atomic E-state index is 0. The van der Waals surface area contributed by atoms with Crippen LogP contribution in [-0.4, -0.2) is 45.5 Å². The van der Waals surface area contributed by atoms with Gasteiger partial charge >= 0.3 is 0 Å². The van der Waals surface area contributed by atoms with Crippen LogP contribution in [0.15, 0.2) is 12.7 Å². The molecule has 0 aromatic carbocycles. The molecule has 0 rings (SSSR count). The van der Waals surface area contributed by atoms with E-state index in [-0.39, 0.29) is 24.0 Å². The van der Waals surface area contributed by atoms with E-state index in [1.54, 1.807) is 0 Å². The Morgan fingerprint density at radius 2 is 1.73 bits per heavy atom. The summed E-state index contributed by atoms with van der Waals surface area (Å²) in [6, 6.07) is 0. The molecule has 1 amide bonds. The normalized spacial score (nSPS) is 7.33. The predicted molar refractivity (Wildman–Crippen MR) is 78.6 cm³/mol. The maximum atomic E-state index is 9.47. The van der Waals surface area contributed by atoms with Crippen molar-refractivity contribution in [2.24, 2.45) is 5.73 Å². The van der Waals surface area contributed by atoms with Crippen LogP contribution in [0.4, 0.5) is 0 Å². The summed E-state index contributed by atoms with van der Waals surface area (Å²) in [5, 5.41) is 3.02. The first kappa shape index (κ1) is 24.2. The van der Waals surface area contributed by atoms with Crippen molar-refractivity contribution in [3.05, 3.63) is 12.7 Å². The van der Waals surface area contributed by atoms with Gasteiger partial charge in [0.25, 0.3) is 0 Å². The van der Waals surface area contributed by atoms with Gasteiger partial charge in [-0.2, -0.15) is 0 Å². The lowest BCUT2D eigenvalue weighted by atomic mass is 10.5. The van der Waals surface area contributed by atoms with Gasteiger partial charge in [0.15, 0.2) is 0 Å². The van der Waals surface area contributed by atoms with Crippen molar-refractivity contribution in [2.45, 2.75) is 13.3 Å². The summed E-state index contributed by atoms with van der Waals surface area (Å²) < 4.78 is 0. The minimum Gasteiger partial charge on any atom is -0.366 e. The summed E-state index contributed by atoms with van der Waals surface area (Å²) in [6.45, 7) is 6.37. The monoisotopic (exact) mass is 331 g/mol. The number of hydrogen-bond donors (Lipinski definition) is 2. The molecule has 0 unspecified atom stereocenters. The van der Waals surface area contributed by atoms with Crippen molar-refractivity contribution < 1.29 is 4.79 Å². The minimum atomic E-state index is -0.481. The van der Waals surface area contributed by atoms with Crippen LogP contribution in [0, 0.1) is 0 Å². The van der Waals surface area contributed by atoms with E-state index in [1.807, 2.05) is 33.1 Å². The van der Waals surface area contributed by atoms with E-state index in [1.165, 1.54) is 6.42 Å². The topological polar surface area (TPSA) is 58.4 Å². The molecule has 94 valence electrons. The molecule has 0 saturated carbocycles. The summed E-state index contributed by atoms with van der Waals surface area (Å²) in [6.07, 6.45) is 2.29. The van der Waals surface area contributed by atoms with Crippen LogP contribution in [0.2, 0.25) is 0 Å². The molecule has 3 N–H and O–H groups in total. The van der Waals surface area contributed by atoms with Crippen molar-refractivity contribution >= 4 is 29.9 Å². The number of rotatable bonds is 3. The third-order valence-electron chi connectivity index (χ3n) is 0.701. The van der Waals surface area contributed by atoms with Gasteiger partial charge in [-0.3, -0.25) is 4.79 Å². The number of carbonyl (C=O) groups excluding carboxylic acids is 1. The molecule has 5 heteroatoms. The van der Waals surface area contributed by atoms with E-state index in [0.717, 1.165) is 12.6 Å². The summed E-state index contributed by atoms with van der Waals surface area (Å²) in [5.41, 5.74) is 4.53. The first-order chi connectivity index (χ1) is 6.42. The Bertz CT molecular complexity index is 125. The van der Waals surface area contributed by atoms with Gasteiger partial charge < -0.3 is 16.0 Å². The largest absolute Gasteiger partial charge is 0.366 e. The van der Waals surface area contributed by atoms with E-state index in [4.69, 9.17) is 0 Å². The second kappa shape index (κ2) is 23.6. The Labute approximate surface area is 111 Å². The van der Waals surface area contributed by atoms with Crippen LogP contribution < -0.4 is 11.1 Å². The average molecular weight is 331 g/mol. The fourth-order valence-electron chi connectivity index (χ4n) is 0.250. The van der Waals surface area contributed by atoms with Gasteiger partial charge in [-0.15, -0.1) is 24.0 Å². The molecule has 0 spiro atoms. The SMILES string of the molecule is C=CC(N)=O.CCCNC.CN(C)C.I. The lowest BCUT2D eigenvalue weighted by Gasteiger charge is -1.90. The summed E-state index contributed by atoms with van der Waals surface area (Å²) >= 11 is 0. The second-order valence-electron chi connectivity index (χ2n) is 3.05. The molecule has 0 aromatic rings. The summed E-state index contributed by atoms with van der Waals surface area (Å²) in [5.74, 6) is -0.481. The van der Waals surface area contributed by atoms with Gasteiger partial charge in [0, 0.05) is 0 Å². The van der Waals surface area contributed by atoms with E-state index < -0.39 is 5.91 Å². The van der Waals surface area contributed by atoms with Crippen molar-refractivity contribution in [3.8, 4) is 0 Å². The quantitative estimate of drug-likeness (QED) is 0.601. The molecule has 0 heterocycles. The van der Waals surface area contributed by atoms with E-state index in [9.17, 15) is 4.79 Å². The molecule has 0 aromatic heterocycles. The predicted octanol–water partition coefficient (Wildman–Crippen LogP) is 1.07. The number of carbonyl (C=O) groups is 1. The Morgan fingerprint density at radius 1 is 1.47 bits per heavy atom. The zero-order valence-corrected chi connectivity index (χ0v) is 12.9. The van der Waals surface area contributed by atoms with E-state index >= 15 is 0 Å². The highest BCUT2D eigenvalue weighted by atomic mass is 127. The second-order valence-corrected chi connectivity index (χ2v) is 3.05. The van der Waals surface area contributed by atoms with Crippen LogP contribution in [0.5, 0.6) is 0 Å². The number of amides is 1. The molecule has 0 aliphatic carbocycles. The fraction of sp³-hybridized carbons (Fsp3) is 0.700. The van der Waals surface area contributed by atoms with Crippen LogP contribution in [-0.2, 0) is 4.79 Å². The zero-order chi connectivity index (χ0) is 12.0. The maximum Gasteiger partial charge on any atom is 0.240 e. The molecule has 0 fully saturated rings. The van der Waals surface area contributed by atoms with E-state index in [2.05, 4.69) is 24.6 Å². The Hall–Kier alpha value is -0.140. The van der Waals surface area contributed by atoms with Crippen molar-refractivity contribution in [3.63, 3.8) is 0 Å². The number of nitrogens with one attached hydrogen (secondary N) is 1. The Kier molecular flexibility index (Phi) is 38.0. The van der Waals surface area contributed by atoms with Gasteiger partial charge in [-0.25, -0.2) is 0 Å². The Balaban J connectivity index is -0.0000000590. The first-order valence-electron chi connectivity index (χ1n) is 4.59. The first-order valence-corrected chi connectivity index (χ1v) is 4.59. The van der Waals surface area contributed by atoms with Crippen LogP contribution >= 0.6 is 24.0 Å². The molecular weight excluding hydrogens is 305 g/mol. The number of nitrogens with two attached hydrogens (primary N) is 1. The summed E-state index contributed by atoms with van der Waals surface area (Å²) in [7, 11) is 7.96. The number of primary amides is 1. The van der Waals surface area contributed by atoms with Crippen LogP contribution in [0.1, 0.15) is 13.3 Å². The molecule has 0 bridgehead atoms. The van der Waals surface area contributed by atoms with Crippen LogP contribution in [0.3, 0.4) is 0 Å². The number of nitrogens with zero attached hydrogens (tertiary/aromatic N) is 1. The zero-order valence-electron chi connectivity index (χ0n) is 10.5. The molecule has 0 aliphatic heterocycles. The molecule has 4 nitrogen and oxygen atoms in total. The lowest BCUT2D eigenvalue weighted by molar-refractivity contribution is -0.113. The van der Waals surface area contributed by atoms with Gasteiger partial charge in [0.05, 0.1) is 0 Å². The smallest absolute Gasteiger partial charge is 0.240 e. The average Bonchev–Trinajstić information content (AvgIpc) is 2.06. The molecule has 15 heavy (non-hydrogen) atoms. The standard InChI is InChI=1S/C4H11N.C3H5NO.C3H9N.HI/c1-3-4-5-2;1-2-3(4)5;1-4(2)3;/h5H,3-4H2,1-2H3;2H,1H2,(H2,4,5);1-3H3;1H. The highest BCUT2D eigenvalue weighted by Crippen LogP contribution is 1.62. The summed E-state index contributed by atoms with van der Waals surface area (Å²) in [4.78, 5) is 11.5.